The number of sulfonamides is 1. The molecule has 3 rings (SSSR count). The summed E-state index contributed by atoms with van der Waals surface area (Å²) in [5, 5.41) is 7.16. The summed E-state index contributed by atoms with van der Waals surface area (Å²) in [7, 11) is -1.68. The fourth-order valence-electron chi connectivity index (χ4n) is 3.53. The number of rotatable bonds is 8. The summed E-state index contributed by atoms with van der Waals surface area (Å²) in [6, 6.07) is 4.98. The topological polar surface area (TPSA) is 102 Å². The molecule has 2 aromatic heterocycles. The summed E-state index contributed by atoms with van der Waals surface area (Å²) >= 11 is 0. The number of nitrogens with one attached hydrogen (secondary N) is 1. The highest BCUT2D eigenvalue weighted by Crippen LogP contribution is 2.23. The Balaban J connectivity index is 1.73. The molecule has 0 radical (unpaired) electrons. The zero-order valence-electron chi connectivity index (χ0n) is 19.6. The first-order chi connectivity index (χ1) is 15.0. The van der Waals surface area contributed by atoms with Gasteiger partial charge in [-0.25, -0.2) is 13.4 Å². The molecule has 174 valence electrons. The van der Waals surface area contributed by atoms with E-state index in [2.05, 4.69) is 15.4 Å². The van der Waals surface area contributed by atoms with Gasteiger partial charge >= 0.3 is 0 Å². The number of benzene rings is 1. The Hall–Kier alpha value is -2.72. The van der Waals surface area contributed by atoms with Crippen LogP contribution in [0.1, 0.15) is 46.9 Å². The maximum absolute atomic E-state index is 12.8. The van der Waals surface area contributed by atoms with Crippen LogP contribution in [0.4, 0.5) is 5.69 Å². The minimum absolute atomic E-state index is 0.129. The van der Waals surface area contributed by atoms with E-state index in [0.717, 1.165) is 11.3 Å². The third kappa shape index (κ3) is 4.86. The monoisotopic (exact) mass is 460 g/mol. The molecule has 9 nitrogen and oxygen atoms in total. The number of hydrogen-bond donors (Lipinski definition) is 1. The average Bonchev–Trinajstić information content (AvgIpc) is 3.31. The van der Waals surface area contributed by atoms with E-state index in [9.17, 15) is 13.2 Å². The van der Waals surface area contributed by atoms with Gasteiger partial charge in [-0.2, -0.15) is 9.40 Å². The molecule has 1 N–H and O–H groups in total. The zero-order chi connectivity index (χ0) is 23.7. The smallest absolute Gasteiger partial charge is 0.243 e. The molecule has 0 spiro atoms. The Kier molecular flexibility index (Phi) is 6.75. The third-order valence-corrected chi connectivity index (χ3v) is 7.46. The van der Waals surface area contributed by atoms with E-state index in [0.29, 0.717) is 30.7 Å². The lowest BCUT2D eigenvalue weighted by atomic mass is 10.1. The lowest BCUT2D eigenvalue weighted by molar-refractivity contribution is -0.116. The highest BCUT2D eigenvalue weighted by atomic mass is 32.2. The Morgan fingerprint density at radius 2 is 1.88 bits per heavy atom. The maximum Gasteiger partial charge on any atom is 0.243 e. The van der Waals surface area contributed by atoms with Crippen LogP contribution >= 0.6 is 0 Å². The molecule has 3 aromatic rings. The summed E-state index contributed by atoms with van der Waals surface area (Å²) in [4.78, 5) is 17.3. The minimum Gasteiger partial charge on any atom is -0.331 e. The van der Waals surface area contributed by atoms with Crippen molar-refractivity contribution in [3.63, 3.8) is 0 Å². The molecule has 2 heterocycles. The van der Waals surface area contributed by atoms with Gasteiger partial charge < -0.3 is 9.88 Å². The zero-order valence-corrected chi connectivity index (χ0v) is 20.4. The summed E-state index contributed by atoms with van der Waals surface area (Å²) in [6.07, 6.45) is 4.13. The summed E-state index contributed by atoms with van der Waals surface area (Å²) < 4.78 is 30.7. The molecule has 1 aromatic carbocycles. The average molecular weight is 461 g/mol. The molecule has 0 fully saturated rings. The number of carbonyl (C=O) groups excluding carboxylic acids is 1. The van der Waals surface area contributed by atoms with Crippen LogP contribution in [0.25, 0.3) is 11.0 Å². The number of amides is 1. The highest BCUT2D eigenvalue weighted by molar-refractivity contribution is 7.89. The molecule has 0 aliphatic carbocycles. The van der Waals surface area contributed by atoms with Crippen molar-refractivity contribution in [3.05, 3.63) is 36.4 Å². The molecule has 0 bridgehead atoms. The standard InChI is InChI=1S/C22H32N6O3S/c1-7-27(8-2)32(30,31)17-9-10-19-18(13-17)25-20(26(19)6)11-12-21(29)24-16-14-23-28(15-16)22(3,4)5/h9-10,13-15H,7-8,11-12H2,1-6H3,(H,24,29). The van der Waals surface area contributed by atoms with E-state index in [-0.39, 0.29) is 22.8 Å². The van der Waals surface area contributed by atoms with Crippen molar-refractivity contribution in [2.75, 3.05) is 18.4 Å². The van der Waals surface area contributed by atoms with Crippen LogP contribution in [0, 0.1) is 0 Å². The Labute approximate surface area is 189 Å². The quantitative estimate of drug-likeness (QED) is 0.556. The van der Waals surface area contributed by atoms with Gasteiger partial charge in [-0.3, -0.25) is 9.48 Å². The molecule has 0 atom stereocenters. The van der Waals surface area contributed by atoms with Crippen molar-refractivity contribution >= 4 is 32.7 Å². The fraction of sp³-hybridized carbons (Fsp3) is 0.500. The van der Waals surface area contributed by atoms with Gasteiger partial charge in [-0.15, -0.1) is 0 Å². The number of aryl methyl sites for hydroxylation is 2. The van der Waals surface area contributed by atoms with Crippen molar-refractivity contribution in [2.45, 2.75) is 57.9 Å². The van der Waals surface area contributed by atoms with Crippen LogP contribution in [-0.4, -0.2) is 51.1 Å². The van der Waals surface area contributed by atoms with Crippen molar-refractivity contribution < 1.29 is 13.2 Å². The molecule has 0 aliphatic rings. The van der Waals surface area contributed by atoms with Crippen LogP contribution in [0.15, 0.2) is 35.5 Å². The minimum atomic E-state index is -3.55. The van der Waals surface area contributed by atoms with Crippen LogP contribution in [0.2, 0.25) is 0 Å². The molecule has 0 aliphatic heterocycles. The van der Waals surface area contributed by atoms with Gasteiger partial charge in [-0.05, 0) is 39.0 Å². The van der Waals surface area contributed by atoms with Crippen molar-refractivity contribution in [1.82, 2.24) is 23.6 Å². The Morgan fingerprint density at radius 3 is 2.47 bits per heavy atom. The van der Waals surface area contributed by atoms with E-state index in [1.54, 1.807) is 29.1 Å². The number of anilines is 1. The molecule has 0 saturated heterocycles. The second kappa shape index (κ2) is 9.03. The second-order valence-electron chi connectivity index (χ2n) is 8.72. The fourth-order valence-corrected chi connectivity index (χ4v) is 5.01. The summed E-state index contributed by atoms with van der Waals surface area (Å²) in [6.45, 7) is 10.6. The van der Waals surface area contributed by atoms with Gasteiger partial charge in [0.15, 0.2) is 0 Å². The van der Waals surface area contributed by atoms with E-state index >= 15 is 0 Å². The predicted molar refractivity (Wildman–Crippen MR) is 125 cm³/mol. The van der Waals surface area contributed by atoms with Gasteiger partial charge in [0.05, 0.1) is 33.4 Å². The molecule has 0 saturated carbocycles. The third-order valence-electron chi connectivity index (χ3n) is 5.42. The lowest BCUT2D eigenvalue weighted by Crippen LogP contribution is -2.30. The number of aromatic nitrogens is 4. The molecule has 0 unspecified atom stereocenters. The SMILES string of the molecule is CCN(CC)S(=O)(=O)c1ccc2c(c1)nc(CCC(=O)Nc1cnn(C(C)(C)C)c1)n2C. The molecule has 32 heavy (non-hydrogen) atoms. The van der Waals surface area contributed by atoms with Gasteiger partial charge in [-0.1, -0.05) is 13.8 Å². The van der Waals surface area contributed by atoms with E-state index < -0.39 is 10.0 Å². The van der Waals surface area contributed by atoms with Crippen molar-refractivity contribution in [2.24, 2.45) is 7.05 Å². The first kappa shape index (κ1) is 23.9. The van der Waals surface area contributed by atoms with Crippen LogP contribution in [-0.2, 0) is 33.8 Å². The van der Waals surface area contributed by atoms with Crippen LogP contribution in [0.5, 0.6) is 0 Å². The Morgan fingerprint density at radius 1 is 1.19 bits per heavy atom. The number of nitrogens with zero attached hydrogens (tertiary/aromatic N) is 5. The first-order valence-corrected chi connectivity index (χ1v) is 12.2. The van der Waals surface area contributed by atoms with Gasteiger partial charge in [0.25, 0.3) is 0 Å². The second-order valence-corrected chi connectivity index (χ2v) is 10.7. The number of hydrogen-bond acceptors (Lipinski definition) is 5. The van der Waals surface area contributed by atoms with Crippen LogP contribution < -0.4 is 5.32 Å². The largest absolute Gasteiger partial charge is 0.331 e. The van der Waals surface area contributed by atoms with Crippen molar-refractivity contribution in [3.8, 4) is 0 Å². The van der Waals surface area contributed by atoms with E-state index in [1.807, 2.05) is 52.4 Å². The van der Waals surface area contributed by atoms with Crippen LogP contribution in [0.3, 0.4) is 0 Å². The maximum atomic E-state index is 12.8. The first-order valence-electron chi connectivity index (χ1n) is 10.8. The van der Waals surface area contributed by atoms with Gasteiger partial charge in [0.1, 0.15) is 5.82 Å². The number of fused-ring (bicyclic) bond motifs is 1. The summed E-state index contributed by atoms with van der Waals surface area (Å²) in [5.41, 5.74) is 1.92. The normalized spacial score (nSPS) is 12.6. The van der Waals surface area contributed by atoms with Crippen molar-refractivity contribution in [1.29, 1.82) is 0 Å². The van der Waals surface area contributed by atoms with E-state index in [4.69, 9.17) is 0 Å². The number of carbonyl (C=O) groups is 1. The Bertz CT molecular complexity index is 1220. The summed E-state index contributed by atoms with van der Waals surface area (Å²) in [5.74, 6) is 0.591. The molecular weight excluding hydrogens is 428 g/mol. The number of imidazole rings is 1. The van der Waals surface area contributed by atoms with Gasteiger partial charge in [0.2, 0.25) is 15.9 Å². The molecule has 10 heteroatoms. The predicted octanol–water partition coefficient (Wildman–Crippen LogP) is 3.13. The molecular formula is C22H32N6O3S. The highest BCUT2D eigenvalue weighted by Gasteiger charge is 2.23. The van der Waals surface area contributed by atoms with E-state index in [1.165, 1.54) is 4.31 Å². The lowest BCUT2D eigenvalue weighted by Gasteiger charge is -2.18. The van der Waals surface area contributed by atoms with Gasteiger partial charge in [0, 0.05) is 39.2 Å². The molecule has 1 amide bonds.